The van der Waals surface area contributed by atoms with Crippen molar-refractivity contribution in [3.05, 3.63) is 22.4 Å². The highest BCUT2D eigenvalue weighted by atomic mass is 32.1. The molecule has 0 spiro atoms. The molecule has 1 aliphatic heterocycles. The molecule has 2 heterocycles. The SMILES string of the molecule is CCNC(=O)C(C)N1CCC(CNC(=O)c2ccsc2)CC1. The van der Waals surface area contributed by atoms with E-state index in [1.54, 1.807) is 0 Å². The van der Waals surface area contributed by atoms with Gasteiger partial charge in [-0.15, -0.1) is 0 Å². The fourth-order valence-corrected chi connectivity index (χ4v) is 3.40. The predicted molar refractivity (Wildman–Crippen MR) is 89.1 cm³/mol. The van der Waals surface area contributed by atoms with Crippen molar-refractivity contribution >= 4 is 23.2 Å². The molecule has 0 saturated carbocycles. The minimum absolute atomic E-state index is 0.0133. The molecule has 2 amide bonds. The number of hydrogen-bond donors (Lipinski definition) is 2. The second-order valence-corrected chi connectivity index (χ2v) is 6.55. The van der Waals surface area contributed by atoms with E-state index in [0.29, 0.717) is 12.5 Å². The molecule has 1 aromatic heterocycles. The molecule has 1 aliphatic rings. The van der Waals surface area contributed by atoms with Gasteiger partial charge in [-0.1, -0.05) is 0 Å². The number of thiophene rings is 1. The van der Waals surface area contributed by atoms with Gasteiger partial charge in [0.1, 0.15) is 0 Å². The molecule has 1 unspecified atom stereocenters. The molecule has 1 fully saturated rings. The molecule has 2 N–H and O–H groups in total. The first kappa shape index (κ1) is 17.0. The molecule has 122 valence electrons. The summed E-state index contributed by atoms with van der Waals surface area (Å²) in [6.45, 7) is 7.12. The van der Waals surface area contributed by atoms with Crippen molar-refractivity contribution in [2.45, 2.75) is 32.7 Å². The third kappa shape index (κ3) is 4.55. The van der Waals surface area contributed by atoms with Crippen LogP contribution in [-0.4, -0.2) is 48.9 Å². The molecule has 2 rings (SSSR count). The van der Waals surface area contributed by atoms with Gasteiger partial charge in [0.25, 0.3) is 5.91 Å². The molecule has 22 heavy (non-hydrogen) atoms. The van der Waals surface area contributed by atoms with Crippen molar-refractivity contribution < 1.29 is 9.59 Å². The summed E-state index contributed by atoms with van der Waals surface area (Å²) in [4.78, 5) is 26.0. The van der Waals surface area contributed by atoms with Crippen molar-refractivity contribution in [3.8, 4) is 0 Å². The van der Waals surface area contributed by atoms with E-state index in [1.165, 1.54) is 11.3 Å². The van der Waals surface area contributed by atoms with Crippen LogP contribution in [0.3, 0.4) is 0 Å². The summed E-state index contributed by atoms with van der Waals surface area (Å²) >= 11 is 1.53. The highest BCUT2D eigenvalue weighted by molar-refractivity contribution is 7.08. The minimum atomic E-state index is -0.0682. The summed E-state index contributed by atoms with van der Waals surface area (Å²) in [5.41, 5.74) is 0.743. The van der Waals surface area contributed by atoms with Gasteiger partial charge < -0.3 is 10.6 Å². The van der Waals surface area contributed by atoms with Gasteiger partial charge in [-0.25, -0.2) is 0 Å². The molecule has 0 aliphatic carbocycles. The lowest BCUT2D eigenvalue weighted by molar-refractivity contribution is -0.126. The lowest BCUT2D eigenvalue weighted by Crippen LogP contribution is -2.49. The van der Waals surface area contributed by atoms with Crippen LogP contribution >= 0.6 is 11.3 Å². The fraction of sp³-hybridized carbons (Fsp3) is 0.625. The second kappa shape index (κ2) is 8.29. The van der Waals surface area contributed by atoms with E-state index in [-0.39, 0.29) is 17.9 Å². The Hall–Kier alpha value is -1.40. The number of rotatable bonds is 6. The zero-order valence-electron chi connectivity index (χ0n) is 13.3. The standard InChI is InChI=1S/C16H25N3O2S/c1-3-17-15(20)12(2)19-7-4-13(5-8-19)10-18-16(21)14-6-9-22-11-14/h6,9,11-13H,3-5,7-8,10H2,1-2H3,(H,17,20)(H,18,21). The monoisotopic (exact) mass is 323 g/mol. The van der Waals surface area contributed by atoms with Gasteiger partial charge in [-0.05, 0) is 57.1 Å². The zero-order chi connectivity index (χ0) is 15.9. The normalized spacial score (nSPS) is 17.9. The van der Waals surface area contributed by atoms with Crippen molar-refractivity contribution in [1.29, 1.82) is 0 Å². The Morgan fingerprint density at radius 1 is 1.36 bits per heavy atom. The summed E-state index contributed by atoms with van der Waals surface area (Å²) < 4.78 is 0. The summed E-state index contributed by atoms with van der Waals surface area (Å²) in [5.74, 6) is 0.617. The summed E-state index contributed by atoms with van der Waals surface area (Å²) in [6.07, 6.45) is 2.04. The highest BCUT2D eigenvalue weighted by Gasteiger charge is 2.26. The molecule has 1 atom stereocenters. The first-order chi connectivity index (χ1) is 10.6. The van der Waals surface area contributed by atoms with E-state index in [2.05, 4.69) is 15.5 Å². The molecular weight excluding hydrogens is 298 g/mol. The van der Waals surface area contributed by atoms with Crippen LogP contribution in [0.15, 0.2) is 16.8 Å². The maximum absolute atomic E-state index is 11.9. The van der Waals surface area contributed by atoms with Crippen LogP contribution in [0.25, 0.3) is 0 Å². The van der Waals surface area contributed by atoms with Crippen LogP contribution in [0, 0.1) is 5.92 Å². The van der Waals surface area contributed by atoms with Crippen LogP contribution in [0.1, 0.15) is 37.0 Å². The highest BCUT2D eigenvalue weighted by Crippen LogP contribution is 2.18. The Morgan fingerprint density at radius 3 is 2.68 bits per heavy atom. The Balaban J connectivity index is 1.71. The second-order valence-electron chi connectivity index (χ2n) is 5.77. The molecule has 1 saturated heterocycles. The third-order valence-electron chi connectivity index (χ3n) is 4.26. The van der Waals surface area contributed by atoms with E-state index < -0.39 is 0 Å². The van der Waals surface area contributed by atoms with Gasteiger partial charge >= 0.3 is 0 Å². The molecule has 0 radical (unpaired) electrons. The minimum Gasteiger partial charge on any atom is -0.355 e. The number of amides is 2. The Morgan fingerprint density at radius 2 is 2.09 bits per heavy atom. The summed E-state index contributed by atoms with van der Waals surface area (Å²) in [7, 11) is 0. The van der Waals surface area contributed by atoms with E-state index in [1.807, 2.05) is 30.7 Å². The van der Waals surface area contributed by atoms with E-state index >= 15 is 0 Å². The molecule has 0 bridgehead atoms. The first-order valence-corrected chi connectivity index (χ1v) is 8.88. The topological polar surface area (TPSA) is 61.4 Å². The maximum Gasteiger partial charge on any atom is 0.252 e. The Kier molecular flexibility index (Phi) is 6.39. The van der Waals surface area contributed by atoms with Crippen LogP contribution < -0.4 is 10.6 Å². The number of piperidine rings is 1. The number of likely N-dealkylation sites (tertiary alicyclic amines) is 1. The van der Waals surface area contributed by atoms with Crippen LogP contribution in [0.4, 0.5) is 0 Å². The first-order valence-electron chi connectivity index (χ1n) is 7.94. The van der Waals surface area contributed by atoms with Crippen molar-refractivity contribution in [1.82, 2.24) is 15.5 Å². The Bertz CT molecular complexity index is 482. The van der Waals surface area contributed by atoms with Gasteiger partial charge in [0.15, 0.2) is 0 Å². The Labute approximate surface area is 136 Å². The van der Waals surface area contributed by atoms with E-state index in [0.717, 1.165) is 38.0 Å². The summed E-state index contributed by atoms with van der Waals surface area (Å²) in [5, 5.41) is 9.66. The lowest BCUT2D eigenvalue weighted by atomic mass is 9.95. The van der Waals surface area contributed by atoms with Gasteiger partial charge in [0.05, 0.1) is 6.04 Å². The third-order valence-corrected chi connectivity index (χ3v) is 4.95. The largest absolute Gasteiger partial charge is 0.355 e. The van der Waals surface area contributed by atoms with Gasteiger partial charge in [0, 0.05) is 24.0 Å². The fourth-order valence-electron chi connectivity index (χ4n) is 2.76. The van der Waals surface area contributed by atoms with Gasteiger partial charge in [0.2, 0.25) is 5.91 Å². The number of carbonyl (C=O) groups excluding carboxylic acids is 2. The number of nitrogens with zero attached hydrogens (tertiary/aromatic N) is 1. The average molecular weight is 323 g/mol. The quantitative estimate of drug-likeness (QED) is 0.838. The average Bonchev–Trinajstić information content (AvgIpc) is 3.07. The zero-order valence-corrected chi connectivity index (χ0v) is 14.1. The van der Waals surface area contributed by atoms with Crippen molar-refractivity contribution in [3.63, 3.8) is 0 Å². The number of nitrogens with one attached hydrogen (secondary N) is 2. The van der Waals surface area contributed by atoms with Crippen LogP contribution in [0.5, 0.6) is 0 Å². The molecule has 5 nitrogen and oxygen atoms in total. The van der Waals surface area contributed by atoms with E-state index in [9.17, 15) is 9.59 Å². The maximum atomic E-state index is 11.9. The van der Waals surface area contributed by atoms with Gasteiger partial charge in [-0.2, -0.15) is 11.3 Å². The lowest BCUT2D eigenvalue weighted by Gasteiger charge is -2.35. The van der Waals surface area contributed by atoms with Crippen molar-refractivity contribution in [2.75, 3.05) is 26.2 Å². The van der Waals surface area contributed by atoms with E-state index in [4.69, 9.17) is 0 Å². The molecular formula is C16H25N3O2S. The van der Waals surface area contributed by atoms with Crippen LogP contribution in [-0.2, 0) is 4.79 Å². The predicted octanol–water partition coefficient (Wildman–Crippen LogP) is 1.71. The number of hydrogen-bond acceptors (Lipinski definition) is 4. The summed E-state index contributed by atoms with van der Waals surface area (Å²) in [6, 6.07) is 1.78. The van der Waals surface area contributed by atoms with Crippen LogP contribution in [0.2, 0.25) is 0 Å². The smallest absolute Gasteiger partial charge is 0.252 e. The molecule has 6 heteroatoms. The van der Waals surface area contributed by atoms with Gasteiger partial charge in [-0.3, -0.25) is 14.5 Å². The number of likely N-dealkylation sites (N-methyl/N-ethyl adjacent to an activating group) is 1. The molecule has 0 aromatic carbocycles. The molecule has 1 aromatic rings. The number of carbonyl (C=O) groups is 2. The van der Waals surface area contributed by atoms with Crippen molar-refractivity contribution in [2.24, 2.45) is 5.92 Å².